The molecule has 1 atom stereocenters. The number of aliphatic imine (C=N–C) groups is 1. The van der Waals surface area contributed by atoms with Gasteiger partial charge >= 0.3 is 0 Å². The quantitative estimate of drug-likeness (QED) is 0.620. The molecule has 0 aliphatic carbocycles. The predicted molar refractivity (Wildman–Crippen MR) is 96.1 cm³/mol. The van der Waals surface area contributed by atoms with E-state index in [4.69, 9.17) is 15.2 Å². The highest BCUT2D eigenvalue weighted by Crippen LogP contribution is 2.52. The average molecular weight is 368 g/mol. The van der Waals surface area contributed by atoms with Gasteiger partial charge in [0.1, 0.15) is 23.7 Å². The number of rotatable bonds is 0. The van der Waals surface area contributed by atoms with Crippen LogP contribution < -0.4 is 10.5 Å². The molecule has 2 heterocycles. The van der Waals surface area contributed by atoms with Crippen molar-refractivity contribution in [3.63, 3.8) is 0 Å². The van der Waals surface area contributed by atoms with E-state index in [1.807, 2.05) is 0 Å². The molecule has 0 bridgehead atoms. The van der Waals surface area contributed by atoms with Gasteiger partial charge in [0.2, 0.25) is 0 Å². The first-order chi connectivity index (χ1) is 12.7. The van der Waals surface area contributed by atoms with E-state index in [0.717, 1.165) is 6.07 Å². The third-order valence-corrected chi connectivity index (χ3v) is 4.38. The summed E-state index contributed by atoms with van der Waals surface area (Å²) in [4.78, 5) is 4.44. The van der Waals surface area contributed by atoms with Crippen molar-refractivity contribution < 1.29 is 24.1 Å². The van der Waals surface area contributed by atoms with E-state index in [-0.39, 0.29) is 18.4 Å². The van der Waals surface area contributed by atoms with E-state index < -0.39 is 22.7 Å². The van der Waals surface area contributed by atoms with Gasteiger partial charge in [0, 0.05) is 22.8 Å². The third kappa shape index (κ3) is 2.84. The first kappa shape index (κ1) is 17.2. The molecule has 2 aliphatic heterocycles. The summed E-state index contributed by atoms with van der Waals surface area (Å²) >= 11 is 0. The van der Waals surface area contributed by atoms with Crippen molar-refractivity contribution in [2.75, 3.05) is 6.61 Å². The molecular formula is C20H17FN2O4. The molecule has 1 unspecified atom stereocenters. The summed E-state index contributed by atoms with van der Waals surface area (Å²) in [5.74, 6) is 5.05. The molecule has 4 N–H and O–H groups in total. The van der Waals surface area contributed by atoms with Crippen LogP contribution in [0.4, 0.5) is 4.39 Å². The molecule has 2 aromatic rings. The van der Waals surface area contributed by atoms with E-state index in [9.17, 15) is 14.6 Å². The Bertz CT molecular complexity index is 1050. The minimum Gasteiger partial charge on any atom is -0.505 e. The second-order valence-electron chi connectivity index (χ2n) is 7.02. The number of phenolic OH excluding ortho intramolecular Hbond substituents is 1. The largest absolute Gasteiger partial charge is 0.505 e. The molecule has 27 heavy (non-hydrogen) atoms. The van der Waals surface area contributed by atoms with Crippen LogP contribution in [0, 0.1) is 17.7 Å². The van der Waals surface area contributed by atoms with Crippen molar-refractivity contribution in [1.29, 1.82) is 0 Å². The zero-order chi connectivity index (χ0) is 19.4. The molecule has 0 saturated heterocycles. The molecule has 0 amide bonds. The molecule has 1 spiro atoms. The van der Waals surface area contributed by atoms with Crippen molar-refractivity contribution in [2.24, 2.45) is 10.7 Å². The standard InChI is InChI=1S/C20H17FN2O4/c1-19(2,25)6-5-11-3-4-16-12(7-11)20(10-26-18(22)23-20)13-8-15(24)14(21)9-17(13)27-16/h3-4,7-9,24-25H,10H2,1-2H3,(H2,22,23). The van der Waals surface area contributed by atoms with Gasteiger partial charge in [-0.15, -0.1) is 0 Å². The SMILES string of the molecule is CC(C)(O)C#Cc1ccc2c(c1)C1(COC(N)=N1)c1cc(O)c(F)cc1O2. The first-order valence-electron chi connectivity index (χ1n) is 8.27. The fourth-order valence-electron chi connectivity index (χ4n) is 3.17. The third-order valence-electron chi connectivity index (χ3n) is 4.38. The van der Waals surface area contributed by atoms with Crippen molar-refractivity contribution in [3.05, 3.63) is 52.8 Å². The summed E-state index contributed by atoms with van der Waals surface area (Å²) in [5.41, 5.74) is 5.26. The monoisotopic (exact) mass is 368 g/mol. The number of nitrogens with two attached hydrogens (primary N) is 1. The summed E-state index contributed by atoms with van der Waals surface area (Å²) in [6.45, 7) is 3.26. The molecule has 0 aromatic heterocycles. The fraction of sp³-hybridized carbons (Fsp3) is 0.250. The molecule has 2 aliphatic rings. The van der Waals surface area contributed by atoms with E-state index in [1.165, 1.54) is 6.07 Å². The summed E-state index contributed by atoms with van der Waals surface area (Å²) in [5, 5.41) is 19.7. The van der Waals surface area contributed by atoms with Gasteiger partial charge in [-0.3, -0.25) is 0 Å². The number of fused-ring (bicyclic) bond motifs is 4. The summed E-state index contributed by atoms with van der Waals surface area (Å²) in [7, 11) is 0. The Morgan fingerprint density at radius 2 is 1.96 bits per heavy atom. The summed E-state index contributed by atoms with van der Waals surface area (Å²) in [6, 6.07) is 7.57. The Morgan fingerprint density at radius 3 is 2.63 bits per heavy atom. The minimum absolute atomic E-state index is 0.00871. The van der Waals surface area contributed by atoms with Gasteiger partial charge in [-0.25, -0.2) is 9.38 Å². The first-order valence-corrected chi connectivity index (χ1v) is 8.27. The summed E-state index contributed by atoms with van der Waals surface area (Å²) in [6.07, 6.45) is 0. The molecule has 0 radical (unpaired) electrons. The van der Waals surface area contributed by atoms with Crippen LogP contribution in [0.25, 0.3) is 0 Å². The highest BCUT2D eigenvalue weighted by Gasteiger charge is 2.47. The van der Waals surface area contributed by atoms with Crippen LogP contribution in [0.1, 0.15) is 30.5 Å². The average Bonchev–Trinajstić information content (AvgIpc) is 2.98. The number of amidine groups is 1. The number of nitrogens with zero attached hydrogens (tertiary/aromatic N) is 1. The Balaban J connectivity index is 1.93. The van der Waals surface area contributed by atoms with Crippen LogP contribution in [-0.2, 0) is 10.3 Å². The molecule has 0 saturated carbocycles. The van der Waals surface area contributed by atoms with Crippen LogP contribution in [-0.4, -0.2) is 28.4 Å². The summed E-state index contributed by atoms with van der Waals surface area (Å²) < 4.78 is 25.1. The number of hydrogen-bond acceptors (Lipinski definition) is 6. The van der Waals surface area contributed by atoms with E-state index in [2.05, 4.69) is 16.8 Å². The van der Waals surface area contributed by atoms with Gasteiger partial charge in [0.15, 0.2) is 17.1 Å². The molecule has 7 heteroatoms. The number of halogens is 1. The zero-order valence-corrected chi connectivity index (χ0v) is 14.7. The zero-order valence-electron chi connectivity index (χ0n) is 14.7. The smallest absolute Gasteiger partial charge is 0.283 e. The van der Waals surface area contributed by atoms with Gasteiger partial charge in [0.25, 0.3) is 6.02 Å². The van der Waals surface area contributed by atoms with Gasteiger partial charge in [-0.1, -0.05) is 11.8 Å². The topological polar surface area (TPSA) is 97.3 Å². The van der Waals surface area contributed by atoms with Crippen LogP contribution in [0.2, 0.25) is 0 Å². The number of aliphatic hydroxyl groups is 1. The van der Waals surface area contributed by atoms with Gasteiger partial charge in [-0.2, -0.15) is 0 Å². The van der Waals surface area contributed by atoms with Crippen LogP contribution >= 0.6 is 0 Å². The van der Waals surface area contributed by atoms with E-state index in [1.54, 1.807) is 32.0 Å². The fourth-order valence-corrected chi connectivity index (χ4v) is 3.17. The molecule has 4 rings (SSSR count). The lowest BCUT2D eigenvalue weighted by atomic mass is 9.80. The second-order valence-corrected chi connectivity index (χ2v) is 7.02. The Labute approximate surface area is 155 Å². The molecule has 138 valence electrons. The van der Waals surface area contributed by atoms with Gasteiger partial charge in [0.05, 0.1) is 0 Å². The lowest BCUT2D eigenvalue weighted by Gasteiger charge is -2.33. The number of hydrogen-bond donors (Lipinski definition) is 3. The molecule has 0 fully saturated rings. The highest BCUT2D eigenvalue weighted by atomic mass is 19.1. The maximum Gasteiger partial charge on any atom is 0.283 e. The second kappa shape index (κ2) is 5.63. The normalized spacial score (nSPS) is 19.9. The van der Waals surface area contributed by atoms with Crippen molar-refractivity contribution >= 4 is 6.02 Å². The maximum atomic E-state index is 13.8. The molecular weight excluding hydrogens is 351 g/mol. The minimum atomic E-state index is -1.14. The van der Waals surface area contributed by atoms with Crippen LogP contribution in [0.3, 0.4) is 0 Å². The predicted octanol–water partition coefficient (Wildman–Crippen LogP) is 2.35. The maximum absolute atomic E-state index is 13.8. The number of aromatic hydroxyl groups is 1. The van der Waals surface area contributed by atoms with Crippen LogP contribution in [0.15, 0.2) is 35.3 Å². The van der Waals surface area contributed by atoms with Crippen LogP contribution in [0.5, 0.6) is 17.2 Å². The Morgan fingerprint density at radius 1 is 1.22 bits per heavy atom. The Hall–Kier alpha value is -3.24. The van der Waals surface area contributed by atoms with E-state index in [0.29, 0.717) is 22.4 Å². The van der Waals surface area contributed by atoms with E-state index >= 15 is 0 Å². The van der Waals surface area contributed by atoms with Crippen molar-refractivity contribution in [3.8, 4) is 29.1 Å². The van der Waals surface area contributed by atoms with Crippen molar-refractivity contribution in [2.45, 2.75) is 25.0 Å². The highest BCUT2D eigenvalue weighted by molar-refractivity contribution is 5.77. The van der Waals surface area contributed by atoms with Gasteiger partial charge in [-0.05, 0) is 38.1 Å². The molecule has 2 aromatic carbocycles. The lowest BCUT2D eigenvalue weighted by Crippen LogP contribution is -2.31. The Kier molecular flexibility index (Phi) is 3.58. The number of phenols is 1. The van der Waals surface area contributed by atoms with Crippen molar-refractivity contribution in [1.82, 2.24) is 0 Å². The molecule has 6 nitrogen and oxygen atoms in total. The number of ether oxygens (including phenoxy) is 2. The van der Waals surface area contributed by atoms with Gasteiger partial charge < -0.3 is 25.4 Å². The number of benzene rings is 2. The lowest BCUT2D eigenvalue weighted by molar-refractivity contribution is 0.143.